The van der Waals surface area contributed by atoms with Gasteiger partial charge in [0.25, 0.3) is 0 Å². The molecule has 2 aliphatic rings. The number of nitrogens with one attached hydrogen (secondary N) is 1. The molecule has 0 bridgehead atoms. The Morgan fingerprint density at radius 3 is 2.34 bits per heavy atom. The summed E-state index contributed by atoms with van der Waals surface area (Å²) < 4.78 is 0. The molecule has 2 aromatic carbocycles. The number of amides is 2. The number of benzene rings is 2. The van der Waals surface area contributed by atoms with Crippen LogP contribution in [0.3, 0.4) is 0 Å². The van der Waals surface area contributed by atoms with Crippen LogP contribution in [-0.2, 0) is 9.59 Å². The average Bonchev–Trinajstić information content (AvgIpc) is 3.19. The monoisotopic (exact) mass is 444 g/mol. The third kappa shape index (κ3) is 2.90. The summed E-state index contributed by atoms with van der Waals surface area (Å²) in [5.74, 6) is -1.61. The van der Waals surface area contributed by atoms with Crippen molar-refractivity contribution < 1.29 is 14.7 Å². The van der Waals surface area contributed by atoms with Crippen LogP contribution >= 0.6 is 34.7 Å². The Kier molecular flexibility index (Phi) is 4.31. The fraction of sp³-hybridized carbons (Fsp3) is 0.150. The first-order chi connectivity index (χ1) is 13.9. The number of rotatable bonds is 2. The number of aromatic nitrogens is 1. The highest BCUT2D eigenvalue weighted by Crippen LogP contribution is 2.53. The van der Waals surface area contributed by atoms with Gasteiger partial charge in [-0.15, -0.1) is 0 Å². The quantitative estimate of drug-likeness (QED) is 0.589. The summed E-state index contributed by atoms with van der Waals surface area (Å²) in [7, 11) is 0. The lowest BCUT2D eigenvalue weighted by Gasteiger charge is -2.29. The van der Waals surface area contributed by atoms with Crippen LogP contribution in [0.1, 0.15) is 16.4 Å². The van der Waals surface area contributed by atoms with Gasteiger partial charge in [-0.2, -0.15) is 0 Å². The zero-order valence-electron chi connectivity index (χ0n) is 14.7. The average molecular weight is 445 g/mol. The molecule has 6 nitrogen and oxygen atoms in total. The number of imide groups is 1. The molecule has 9 heteroatoms. The van der Waals surface area contributed by atoms with Crippen molar-refractivity contribution in [3.63, 3.8) is 0 Å². The molecule has 2 aliphatic heterocycles. The Balaban J connectivity index is 1.64. The fourth-order valence-corrected chi connectivity index (χ4v) is 6.54. The fourth-order valence-electron chi connectivity index (χ4n) is 3.90. The van der Waals surface area contributed by atoms with Crippen molar-refractivity contribution in [3.8, 4) is 5.75 Å². The van der Waals surface area contributed by atoms with Crippen LogP contribution in [0, 0.1) is 5.92 Å². The van der Waals surface area contributed by atoms with E-state index in [0.717, 1.165) is 21.8 Å². The summed E-state index contributed by atoms with van der Waals surface area (Å²) in [5, 5.41) is 10.1. The minimum absolute atomic E-state index is 0.106. The normalized spacial score (nSPS) is 23.2. The number of aromatic hydroxyl groups is 1. The first-order valence-corrected chi connectivity index (χ1v) is 10.8. The van der Waals surface area contributed by atoms with Crippen molar-refractivity contribution >= 4 is 52.2 Å². The highest BCUT2D eigenvalue weighted by Gasteiger charge is 2.56. The van der Waals surface area contributed by atoms with Gasteiger partial charge in [0, 0.05) is 15.8 Å². The van der Waals surface area contributed by atoms with E-state index in [0.29, 0.717) is 15.7 Å². The number of thiazole rings is 1. The highest BCUT2D eigenvalue weighted by atomic mass is 35.5. The van der Waals surface area contributed by atoms with Crippen LogP contribution in [0.2, 0.25) is 5.02 Å². The maximum absolute atomic E-state index is 13.4. The maximum Gasteiger partial charge on any atom is 0.305 e. The number of H-pyrrole nitrogens is 1. The minimum atomic E-state index is -0.647. The second kappa shape index (κ2) is 6.76. The van der Waals surface area contributed by atoms with Gasteiger partial charge >= 0.3 is 4.87 Å². The smallest absolute Gasteiger partial charge is 0.305 e. The van der Waals surface area contributed by atoms with Crippen molar-refractivity contribution in [1.29, 1.82) is 0 Å². The van der Waals surface area contributed by atoms with Crippen molar-refractivity contribution in [1.82, 2.24) is 4.98 Å². The molecule has 0 radical (unpaired) electrons. The topological polar surface area (TPSA) is 90.5 Å². The van der Waals surface area contributed by atoms with Gasteiger partial charge < -0.3 is 10.1 Å². The predicted octanol–water partition coefficient (Wildman–Crippen LogP) is 3.59. The molecule has 3 atom stereocenters. The minimum Gasteiger partial charge on any atom is -0.508 e. The molecule has 2 N–H and O–H groups in total. The summed E-state index contributed by atoms with van der Waals surface area (Å²) in [6, 6.07) is 13.1. The summed E-state index contributed by atoms with van der Waals surface area (Å²) >= 11 is 8.23. The van der Waals surface area contributed by atoms with Crippen LogP contribution < -0.4 is 9.77 Å². The number of thioether (sulfide) groups is 1. The van der Waals surface area contributed by atoms with Crippen molar-refractivity contribution in [2.24, 2.45) is 5.92 Å². The molecule has 146 valence electrons. The van der Waals surface area contributed by atoms with Crippen LogP contribution in [-0.4, -0.2) is 27.2 Å². The third-order valence-electron chi connectivity index (χ3n) is 5.16. The Hall–Kier alpha value is -2.55. The lowest BCUT2D eigenvalue weighted by atomic mass is 9.83. The number of phenolic OH excluding ortho intramolecular Hbond substituents is 1. The predicted molar refractivity (Wildman–Crippen MR) is 112 cm³/mol. The van der Waals surface area contributed by atoms with E-state index in [2.05, 4.69) is 4.98 Å². The zero-order chi connectivity index (χ0) is 20.3. The van der Waals surface area contributed by atoms with E-state index in [9.17, 15) is 19.5 Å². The molecule has 0 aliphatic carbocycles. The third-order valence-corrected chi connectivity index (χ3v) is 7.81. The van der Waals surface area contributed by atoms with Crippen LogP contribution in [0.5, 0.6) is 5.75 Å². The van der Waals surface area contributed by atoms with E-state index in [1.165, 1.54) is 16.7 Å². The van der Waals surface area contributed by atoms with Crippen LogP contribution in [0.25, 0.3) is 0 Å². The first-order valence-electron chi connectivity index (χ1n) is 8.76. The van der Waals surface area contributed by atoms with Gasteiger partial charge in [-0.05, 0) is 42.0 Å². The van der Waals surface area contributed by atoms with Gasteiger partial charge in [0.15, 0.2) is 0 Å². The van der Waals surface area contributed by atoms with Crippen LogP contribution in [0.15, 0.2) is 58.4 Å². The SMILES string of the molecule is O=C1[C@@H]2[C@H](c3ccc(O)cc3)c3sc(=O)[nH]c3S[C@@H]2C(=O)N1c1ccc(Cl)cc1. The molecule has 5 rings (SSSR count). The molecular formula is C20H13ClN2O4S2. The largest absolute Gasteiger partial charge is 0.508 e. The molecule has 29 heavy (non-hydrogen) atoms. The number of anilines is 1. The maximum atomic E-state index is 13.4. The van der Waals surface area contributed by atoms with Gasteiger partial charge in [0.1, 0.15) is 11.0 Å². The Labute approximate surface area is 178 Å². The van der Waals surface area contributed by atoms with E-state index in [1.54, 1.807) is 48.5 Å². The second-order valence-electron chi connectivity index (χ2n) is 6.83. The summed E-state index contributed by atoms with van der Waals surface area (Å²) in [6.45, 7) is 0. The molecule has 0 unspecified atom stereocenters. The number of halogens is 1. The number of phenols is 1. The van der Waals surface area contributed by atoms with Crippen molar-refractivity contribution in [2.45, 2.75) is 16.2 Å². The second-order valence-corrected chi connectivity index (χ2v) is 9.43. The molecule has 3 heterocycles. The van der Waals surface area contributed by atoms with Gasteiger partial charge in [0.2, 0.25) is 11.8 Å². The number of aromatic amines is 1. The summed E-state index contributed by atoms with van der Waals surface area (Å²) in [4.78, 5) is 43.2. The highest BCUT2D eigenvalue weighted by molar-refractivity contribution is 8.00. The number of hydrogen-bond acceptors (Lipinski definition) is 6. The standard InChI is InChI=1S/C20H13ClN2O4S2/c21-10-3-5-11(6-4-10)23-18(25)14-13(9-1-7-12(24)8-2-9)15-17(22-20(27)29-15)28-16(14)19(23)26/h1-8,13-14,16,24H,(H,22,27)/t13-,14+,16-/m0/s1. The lowest BCUT2D eigenvalue weighted by molar-refractivity contribution is -0.122. The molecule has 1 aromatic heterocycles. The van der Waals surface area contributed by atoms with Crippen molar-refractivity contribution in [3.05, 3.63) is 73.7 Å². The molecule has 2 amide bonds. The number of hydrogen-bond donors (Lipinski definition) is 2. The number of nitrogens with zero attached hydrogens (tertiary/aromatic N) is 1. The summed E-state index contributed by atoms with van der Waals surface area (Å²) in [6.07, 6.45) is 0. The Bertz CT molecular complexity index is 1190. The van der Waals surface area contributed by atoms with Crippen molar-refractivity contribution in [2.75, 3.05) is 4.90 Å². The lowest BCUT2D eigenvalue weighted by Crippen LogP contribution is -2.32. The van der Waals surface area contributed by atoms with E-state index in [4.69, 9.17) is 11.6 Å². The number of carbonyl (C=O) groups is 2. The van der Waals surface area contributed by atoms with E-state index >= 15 is 0 Å². The molecule has 0 spiro atoms. The zero-order valence-corrected chi connectivity index (χ0v) is 17.1. The molecule has 0 saturated carbocycles. The van der Waals surface area contributed by atoms with Gasteiger partial charge in [-0.25, -0.2) is 4.90 Å². The van der Waals surface area contributed by atoms with E-state index < -0.39 is 17.1 Å². The Morgan fingerprint density at radius 2 is 1.66 bits per heavy atom. The molecule has 1 saturated heterocycles. The van der Waals surface area contributed by atoms with E-state index in [1.807, 2.05) is 0 Å². The van der Waals surface area contributed by atoms with E-state index in [-0.39, 0.29) is 22.4 Å². The number of fused-ring (bicyclic) bond motifs is 2. The van der Waals surface area contributed by atoms with Gasteiger partial charge in [0.05, 0.1) is 16.6 Å². The number of carbonyl (C=O) groups excluding carboxylic acids is 2. The van der Waals surface area contributed by atoms with Gasteiger partial charge in [-0.1, -0.05) is 46.8 Å². The summed E-state index contributed by atoms with van der Waals surface area (Å²) in [5.41, 5.74) is 1.24. The molecule has 1 fully saturated rings. The first kappa shape index (κ1) is 18.5. The van der Waals surface area contributed by atoms with Gasteiger partial charge in [-0.3, -0.25) is 14.4 Å². The van der Waals surface area contributed by atoms with Crippen LogP contribution in [0.4, 0.5) is 5.69 Å². The molecule has 3 aromatic rings. The molecular weight excluding hydrogens is 432 g/mol. The Morgan fingerprint density at radius 1 is 0.966 bits per heavy atom.